The quantitative estimate of drug-likeness (QED) is 0.647. The minimum Gasteiger partial charge on any atom is -0.0984 e. The van der Waals surface area contributed by atoms with Crippen LogP contribution < -0.4 is 0 Å². The molecule has 0 unspecified atom stereocenters. The predicted octanol–water partition coefficient (Wildman–Crippen LogP) is 4.27. The highest BCUT2D eigenvalue weighted by atomic mass is 14.2. The Labute approximate surface area is 87.0 Å². The maximum atomic E-state index is 3.87. The van der Waals surface area contributed by atoms with Gasteiger partial charge < -0.3 is 0 Å². The van der Waals surface area contributed by atoms with Crippen molar-refractivity contribution in [2.24, 2.45) is 0 Å². The Kier molecular flexibility index (Phi) is 2.95. The standard InChI is InChI=1S/C14H18/c1-6-11-9-8-10-13(12(11)7-2)14(3,4)5/h6-10H,1-2H2,3-5H3. The third-order valence-corrected chi connectivity index (χ3v) is 2.37. The first kappa shape index (κ1) is 10.8. The minimum absolute atomic E-state index is 0.155. The average molecular weight is 186 g/mol. The van der Waals surface area contributed by atoms with Crippen LogP contribution in [0.1, 0.15) is 37.5 Å². The molecule has 1 aromatic carbocycles. The number of hydrogen-bond donors (Lipinski definition) is 0. The molecule has 0 bridgehead atoms. The summed E-state index contributed by atoms with van der Waals surface area (Å²) in [6.07, 6.45) is 3.80. The lowest BCUT2D eigenvalue weighted by atomic mass is 9.82. The van der Waals surface area contributed by atoms with E-state index in [0.717, 1.165) is 5.56 Å². The fraction of sp³-hybridized carbons (Fsp3) is 0.286. The Morgan fingerprint density at radius 2 is 1.71 bits per heavy atom. The van der Waals surface area contributed by atoms with Crippen LogP contribution >= 0.6 is 0 Å². The van der Waals surface area contributed by atoms with Gasteiger partial charge in [-0.25, -0.2) is 0 Å². The average Bonchev–Trinajstić information content (AvgIpc) is 2.15. The smallest absolute Gasteiger partial charge is 0.0126 e. The third kappa shape index (κ3) is 1.95. The van der Waals surface area contributed by atoms with Crippen molar-refractivity contribution in [2.75, 3.05) is 0 Å². The summed E-state index contributed by atoms with van der Waals surface area (Å²) < 4.78 is 0. The first-order valence-corrected chi connectivity index (χ1v) is 4.89. The van der Waals surface area contributed by atoms with Gasteiger partial charge in [0.2, 0.25) is 0 Å². The molecule has 1 aromatic rings. The molecular formula is C14H18. The Morgan fingerprint density at radius 3 is 2.14 bits per heavy atom. The van der Waals surface area contributed by atoms with Crippen molar-refractivity contribution >= 4 is 12.2 Å². The summed E-state index contributed by atoms with van der Waals surface area (Å²) >= 11 is 0. The van der Waals surface area contributed by atoms with E-state index in [-0.39, 0.29) is 5.41 Å². The summed E-state index contributed by atoms with van der Waals surface area (Å²) in [7, 11) is 0. The molecule has 0 saturated heterocycles. The second-order valence-corrected chi connectivity index (χ2v) is 4.47. The first-order chi connectivity index (χ1) is 6.50. The highest BCUT2D eigenvalue weighted by Crippen LogP contribution is 2.29. The number of rotatable bonds is 2. The second kappa shape index (κ2) is 3.83. The fourth-order valence-electron chi connectivity index (χ4n) is 1.64. The van der Waals surface area contributed by atoms with Gasteiger partial charge in [-0.2, -0.15) is 0 Å². The molecule has 0 N–H and O–H groups in total. The van der Waals surface area contributed by atoms with Gasteiger partial charge in [-0.3, -0.25) is 0 Å². The van der Waals surface area contributed by atoms with Gasteiger partial charge in [0.05, 0.1) is 0 Å². The molecule has 0 heteroatoms. The second-order valence-electron chi connectivity index (χ2n) is 4.47. The van der Waals surface area contributed by atoms with Crippen molar-refractivity contribution in [3.05, 3.63) is 48.0 Å². The van der Waals surface area contributed by atoms with Gasteiger partial charge >= 0.3 is 0 Å². The molecule has 0 amide bonds. The van der Waals surface area contributed by atoms with Gasteiger partial charge in [-0.05, 0) is 22.1 Å². The third-order valence-electron chi connectivity index (χ3n) is 2.37. The molecule has 0 heterocycles. The number of benzene rings is 1. The van der Waals surface area contributed by atoms with E-state index < -0.39 is 0 Å². The highest BCUT2D eigenvalue weighted by molar-refractivity contribution is 5.67. The summed E-state index contributed by atoms with van der Waals surface area (Å²) in [6.45, 7) is 14.3. The lowest BCUT2D eigenvalue weighted by Crippen LogP contribution is -2.13. The lowest BCUT2D eigenvalue weighted by Gasteiger charge is -2.22. The molecule has 74 valence electrons. The van der Waals surface area contributed by atoms with Crippen molar-refractivity contribution in [3.63, 3.8) is 0 Å². The van der Waals surface area contributed by atoms with E-state index in [0.29, 0.717) is 0 Å². The first-order valence-electron chi connectivity index (χ1n) is 4.89. The number of hydrogen-bond acceptors (Lipinski definition) is 0. The zero-order chi connectivity index (χ0) is 10.8. The Hall–Kier alpha value is -1.30. The van der Waals surface area contributed by atoms with Crippen LogP contribution in [-0.4, -0.2) is 0 Å². The molecule has 0 aliphatic heterocycles. The molecule has 0 atom stereocenters. The molecule has 0 aliphatic rings. The molecule has 14 heavy (non-hydrogen) atoms. The van der Waals surface area contributed by atoms with Gasteiger partial charge in [0, 0.05) is 0 Å². The van der Waals surface area contributed by atoms with Crippen molar-refractivity contribution < 1.29 is 0 Å². The van der Waals surface area contributed by atoms with Gasteiger partial charge in [0.1, 0.15) is 0 Å². The van der Waals surface area contributed by atoms with Crippen LogP contribution in [0.5, 0.6) is 0 Å². The van der Waals surface area contributed by atoms with E-state index in [2.05, 4.69) is 52.1 Å². The highest BCUT2D eigenvalue weighted by Gasteiger charge is 2.17. The maximum Gasteiger partial charge on any atom is -0.0126 e. The molecule has 1 rings (SSSR count). The topological polar surface area (TPSA) is 0 Å². The SMILES string of the molecule is C=Cc1cccc(C(C)(C)C)c1C=C. The molecule has 0 aromatic heterocycles. The Morgan fingerprint density at radius 1 is 1.07 bits per heavy atom. The summed E-state index contributed by atoms with van der Waals surface area (Å²) in [5.41, 5.74) is 3.84. The normalized spacial score (nSPS) is 11.1. The molecular weight excluding hydrogens is 168 g/mol. The van der Waals surface area contributed by atoms with E-state index in [1.54, 1.807) is 0 Å². The summed E-state index contributed by atoms with van der Waals surface area (Å²) in [5, 5.41) is 0. The maximum absolute atomic E-state index is 3.87. The fourth-order valence-corrected chi connectivity index (χ4v) is 1.64. The van der Waals surface area contributed by atoms with Crippen molar-refractivity contribution in [1.29, 1.82) is 0 Å². The molecule has 0 aliphatic carbocycles. The molecule has 0 nitrogen and oxygen atoms in total. The van der Waals surface area contributed by atoms with E-state index in [9.17, 15) is 0 Å². The van der Waals surface area contributed by atoms with Gasteiger partial charge in [-0.15, -0.1) is 0 Å². The van der Waals surface area contributed by atoms with E-state index in [4.69, 9.17) is 0 Å². The van der Waals surface area contributed by atoms with E-state index >= 15 is 0 Å². The zero-order valence-electron chi connectivity index (χ0n) is 9.30. The zero-order valence-corrected chi connectivity index (χ0v) is 9.30. The van der Waals surface area contributed by atoms with Crippen molar-refractivity contribution in [3.8, 4) is 0 Å². The van der Waals surface area contributed by atoms with Crippen molar-refractivity contribution in [1.82, 2.24) is 0 Å². The molecule has 0 spiro atoms. The Bertz CT molecular complexity index is 351. The molecule has 0 fully saturated rings. The van der Waals surface area contributed by atoms with E-state index in [1.807, 2.05) is 12.2 Å². The van der Waals surface area contributed by atoms with Gasteiger partial charge in [0.25, 0.3) is 0 Å². The van der Waals surface area contributed by atoms with Crippen molar-refractivity contribution in [2.45, 2.75) is 26.2 Å². The predicted molar refractivity (Wildman–Crippen MR) is 65.3 cm³/mol. The van der Waals surface area contributed by atoms with Gasteiger partial charge in [0.15, 0.2) is 0 Å². The van der Waals surface area contributed by atoms with Crippen LogP contribution in [0.15, 0.2) is 31.4 Å². The monoisotopic (exact) mass is 186 g/mol. The summed E-state index contributed by atoms with van der Waals surface area (Å²) in [6, 6.07) is 6.30. The molecule has 0 radical (unpaired) electrons. The van der Waals surface area contributed by atoms with Crippen LogP contribution in [0.2, 0.25) is 0 Å². The van der Waals surface area contributed by atoms with Crippen LogP contribution in [0, 0.1) is 0 Å². The summed E-state index contributed by atoms with van der Waals surface area (Å²) in [4.78, 5) is 0. The van der Waals surface area contributed by atoms with E-state index in [1.165, 1.54) is 11.1 Å². The van der Waals surface area contributed by atoms with Crippen LogP contribution in [0.4, 0.5) is 0 Å². The largest absolute Gasteiger partial charge is 0.0984 e. The van der Waals surface area contributed by atoms with Gasteiger partial charge in [-0.1, -0.05) is 64.3 Å². The van der Waals surface area contributed by atoms with Crippen LogP contribution in [0.25, 0.3) is 12.2 Å². The van der Waals surface area contributed by atoms with Crippen LogP contribution in [0.3, 0.4) is 0 Å². The summed E-state index contributed by atoms with van der Waals surface area (Å²) in [5.74, 6) is 0. The van der Waals surface area contributed by atoms with Crippen LogP contribution in [-0.2, 0) is 5.41 Å². The molecule has 0 saturated carbocycles. The Balaban J connectivity index is 3.44. The minimum atomic E-state index is 0.155. The lowest BCUT2D eigenvalue weighted by molar-refractivity contribution is 0.589.